The molecule has 0 radical (unpaired) electrons. The Morgan fingerprint density at radius 2 is 1.47 bits per heavy atom. The molecule has 30 heavy (non-hydrogen) atoms. The van der Waals surface area contributed by atoms with Crippen molar-refractivity contribution >= 4 is 11.8 Å². The number of carbonyl (C=O) groups excluding carboxylic acids is 2. The normalized spacial score (nSPS) is 10.4. The number of rotatable bonds is 5. The molecule has 2 aromatic carbocycles. The van der Waals surface area contributed by atoms with Crippen LogP contribution in [0.25, 0.3) is 11.3 Å². The van der Waals surface area contributed by atoms with Gasteiger partial charge in [-0.3, -0.25) is 30.1 Å². The van der Waals surface area contributed by atoms with E-state index in [0.717, 1.165) is 11.1 Å². The van der Waals surface area contributed by atoms with Crippen LogP contribution < -0.4 is 10.9 Å². The van der Waals surface area contributed by atoms with Crippen LogP contribution in [0.5, 0.6) is 0 Å². The number of pyridine rings is 1. The molecule has 7 heteroatoms. The van der Waals surface area contributed by atoms with Crippen LogP contribution in [-0.4, -0.2) is 26.6 Å². The van der Waals surface area contributed by atoms with Crippen molar-refractivity contribution in [2.24, 2.45) is 0 Å². The van der Waals surface area contributed by atoms with E-state index in [2.05, 4.69) is 20.9 Å². The summed E-state index contributed by atoms with van der Waals surface area (Å²) in [7, 11) is 0. The number of aromatic nitrogens is 3. The third-order valence-corrected chi connectivity index (χ3v) is 4.43. The van der Waals surface area contributed by atoms with Crippen LogP contribution in [0.3, 0.4) is 0 Å². The van der Waals surface area contributed by atoms with Crippen molar-refractivity contribution in [3.8, 4) is 11.3 Å². The van der Waals surface area contributed by atoms with E-state index >= 15 is 0 Å². The lowest BCUT2D eigenvalue weighted by Crippen LogP contribution is -2.42. The summed E-state index contributed by atoms with van der Waals surface area (Å²) in [6, 6.07) is 24.3. The molecular formula is C23H19N5O2. The average molecular weight is 397 g/mol. The van der Waals surface area contributed by atoms with E-state index in [-0.39, 0.29) is 5.69 Å². The maximum atomic E-state index is 12.8. The van der Waals surface area contributed by atoms with Gasteiger partial charge >= 0.3 is 0 Å². The summed E-state index contributed by atoms with van der Waals surface area (Å²) in [5, 5.41) is 4.61. The molecule has 0 bridgehead atoms. The summed E-state index contributed by atoms with van der Waals surface area (Å²) in [4.78, 5) is 29.0. The zero-order valence-electron chi connectivity index (χ0n) is 16.0. The number of hydrazine groups is 1. The molecular weight excluding hydrogens is 378 g/mol. The van der Waals surface area contributed by atoms with Crippen LogP contribution >= 0.6 is 0 Å². The average Bonchev–Trinajstić information content (AvgIpc) is 3.23. The largest absolute Gasteiger partial charge is 0.288 e. The van der Waals surface area contributed by atoms with Gasteiger partial charge in [-0.05, 0) is 17.7 Å². The van der Waals surface area contributed by atoms with Gasteiger partial charge in [0.1, 0.15) is 11.4 Å². The van der Waals surface area contributed by atoms with Crippen molar-refractivity contribution < 1.29 is 9.59 Å². The Balaban J connectivity index is 1.57. The Morgan fingerprint density at radius 1 is 0.800 bits per heavy atom. The minimum absolute atomic E-state index is 0.209. The van der Waals surface area contributed by atoms with Crippen LogP contribution in [0.2, 0.25) is 0 Å². The maximum absolute atomic E-state index is 12.8. The second kappa shape index (κ2) is 8.83. The summed E-state index contributed by atoms with van der Waals surface area (Å²) in [5.74, 6) is -0.959. The first kappa shape index (κ1) is 19.1. The van der Waals surface area contributed by atoms with Gasteiger partial charge in [0.2, 0.25) is 0 Å². The van der Waals surface area contributed by atoms with E-state index < -0.39 is 11.8 Å². The highest BCUT2D eigenvalue weighted by Gasteiger charge is 2.19. The minimum Gasteiger partial charge on any atom is -0.267 e. The third-order valence-electron chi connectivity index (χ3n) is 4.43. The molecule has 148 valence electrons. The highest BCUT2D eigenvalue weighted by Crippen LogP contribution is 2.22. The fourth-order valence-electron chi connectivity index (χ4n) is 2.99. The van der Waals surface area contributed by atoms with Gasteiger partial charge in [0, 0.05) is 18.0 Å². The fourth-order valence-corrected chi connectivity index (χ4v) is 2.99. The van der Waals surface area contributed by atoms with E-state index in [4.69, 9.17) is 0 Å². The van der Waals surface area contributed by atoms with Gasteiger partial charge < -0.3 is 0 Å². The molecule has 2 N–H and O–H groups in total. The Bertz CT molecular complexity index is 1140. The Morgan fingerprint density at radius 3 is 2.17 bits per heavy atom. The molecule has 7 nitrogen and oxygen atoms in total. The van der Waals surface area contributed by atoms with Gasteiger partial charge in [0.25, 0.3) is 11.8 Å². The number of nitrogens with zero attached hydrogens (tertiary/aromatic N) is 3. The molecule has 0 aliphatic carbocycles. The van der Waals surface area contributed by atoms with Crippen molar-refractivity contribution in [2.75, 3.05) is 0 Å². The quantitative estimate of drug-likeness (QED) is 0.507. The van der Waals surface area contributed by atoms with Crippen molar-refractivity contribution in [3.05, 3.63) is 108 Å². The van der Waals surface area contributed by atoms with Crippen LogP contribution in [-0.2, 0) is 6.54 Å². The summed E-state index contributed by atoms with van der Waals surface area (Å²) in [6.07, 6.45) is 3.19. The van der Waals surface area contributed by atoms with Gasteiger partial charge in [0.05, 0.1) is 12.1 Å². The number of nitrogens with one attached hydrogen (secondary N) is 2. The smallest absolute Gasteiger partial charge is 0.267 e. The molecule has 2 amide bonds. The Kier molecular flexibility index (Phi) is 5.61. The first-order valence-corrected chi connectivity index (χ1v) is 9.39. The Hall–Kier alpha value is -4.26. The fraction of sp³-hybridized carbons (Fsp3) is 0.0435. The molecule has 0 saturated heterocycles. The summed E-state index contributed by atoms with van der Waals surface area (Å²) in [6.45, 7) is 0.522. The van der Waals surface area contributed by atoms with E-state index in [1.54, 1.807) is 29.1 Å². The molecule has 0 aliphatic rings. The van der Waals surface area contributed by atoms with Gasteiger partial charge in [-0.15, -0.1) is 0 Å². The van der Waals surface area contributed by atoms with Crippen LogP contribution in [0.1, 0.15) is 26.4 Å². The predicted molar refractivity (Wildman–Crippen MR) is 112 cm³/mol. The molecule has 0 saturated carbocycles. The Labute approximate surface area is 173 Å². The van der Waals surface area contributed by atoms with Crippen LogP contribution in [0.4, 0.5) is 0 Å². The maximum Gasteiger partial charge on any atom is 0.288 e. The van der Waals surface area contributed by atoms with Gasteiger partial charge in [-0.2, -0.15) is 5.10 Å². The lowest BCUT2D eigenvalue weighted by atomic mass is 10.1. The van der Waals surface area contributed by atoms with Gasteiger partial charge in [0.15, 0.2) is 0 Å². The van der Waals surface area contributed by atoms with E-state index in [1.807, 2.05) is 60.7 Å². The molecule has 2 heterocycles. The number of hydrogen-bond acceptors (Lipinski definition) is 4. The SMILES string of the molecule is O=C(NNC(=O)c1cn(Cc2ccccc2)nc1-c1ccccc1)c1ccccn1. The monoisotopic (exact) mass is 397 g/mol. The first-order valence-electron chi connectivity index (χ1n) is 9.39. The minimum atomic E-state index is -0.498. The van der Waals surface area contributed by atoms with E-state index in [9.17, 15) is 9.59 Å². The van der Waals surface area contributed by atoms with E-state index in [0.29, 0.717) is 17.8 Å². The predicted octanol–water partition coefficient (Wildman–Crippen LogP) is 3.07. The summed E-state index contributed by atoms with van der Waals surface area (Å²) in [5.41, 5.74) is 7.83. The molecule has 0 aliphatic heterocycles. The topological polar surface area (TPSA) is 88.9 Å². The van der Waals surface area contributed by atoms with Crippen molar-refractivity contribution in [1.82, 2.24) is 25.6 Å². The second-order valence-corrected chi connectivity index (χ2v) is 6.56. The number of hydrogen-bond donors (Lipinski definition) is 2. The molecule has 0 spiro atoms. The summed E-state index contributed by atoms with van der Waals surface area (Å²) >= 11 is 0. The molecule has 4 aromatic rings. The second-order valence-electron chi connectivity index (χ2n) is 6.56. The lowest BCUT2D eigenvalue weighted by Gasteiger charge is -2.07. The van der Waals surface area contributed by atoms with Crippen LogP contribution in [0, 0.1) is 0 Å². The van der Waals surface area contributed by atoms with Gasteiger partial charge in [-0.1, -0.05) is 66.7 Å². The number of amides is 2. The number of benzene rings is 2. The zero-order valence-corrected chi connectivity index (χ0v) is 16.0. The molecule has 0 unspecified atom stereocenters. The lowest BCUT2D eigenvalue weighted by molar-refractivity contribution is 0.0844. The third kappa shape index (κ3) is 4.41. The van der Waals surface area contributed by atoms with Gasteiger partial charge in [-0.25, -0.2) is 0 Å². The first-order chi connectivity index (χ1) is 14.7. The molecule has 0 fully saturated rings. The molecule has 0 atom stereocenters. The van der Waals surface area contributed by atoms with Crippen LogP contribution in [0.15, 0.2) is 91.3 Å². The highest BCUT2D eigenvalue weighted by atomic mass is 16.2. The highest BCUT2D eigenvalue weighted by molar-refractivity contribution is 6.01. The summed E-state index contributed by atoms with van der Waals surface area (Å²) < 4.78 is 1.72. The zero-order chi connectivity index (χ0) is 20.8. The van der Waals surface area contributed by atoms with Crippen molar-refractivity contribution in [3.63, 3.8) is 0 Å². The van der Waals surface area contributed by atoms with Crippen molar-refractivity contribution in [2.45, 2.75) is 6.54 Å². The number of carbonyl (C=O) groups is 2. The molecule has 2 aromatic heterocycles. The van der Waals surface area contributed by atoms with Crippen molar-refractivity contribution in [1.29, 1.82) is 0 Å². The molecule has 4 rings (SSSR count). The van der Waals surface area contributed by atoms with E-state index in [1.165, 1.54) is 6.20 Å². The standard InChI is InChI=1S/C23H19N5O2/c29-22(25-26-23(30)20-13-7-8-14-24-20)19-16-28(15-17-9-3-1-4-10-17)27-21(19)18-11-5-2-6-12-18/h1-14,16H,15H2,(H,25,29)(H,26,30).